The average Bonchev–Trinajstić information content (AvgIpc) is 3.26. The van der Waals surface area contributed by atoms with E-state index in [0.717, 1.165) is 10.2 Å². The van der Waals surface area contributed by atoms with Crippen LogP contribution in [0.3, 0.4) is 0 Å². The van der Waals surface area contributed by atoms with E-state index in [0.29, 0.717) is 4.80 Å². The maximum absolute atomic E-state index is 12.5. The molecule has 0 saturated carbocycles. The predicted octanol–water partition coefficient (Wildman–Crippen LogP) is 2.22. The summed E-state index contributed by atoms with van der Waals surface area (Å²) in [6.07, 6.45) is 1.41. The van der Waals surface area contributed by atoms with Crippen LogP contribution in [0.25, 0.3) is 10.2 Å². The number of thiazole rings is 1. The van der Waals surface area contributed by atoms with E-state index in [2.05, 4.69) is 15.8 Å². The van der Waals surface area contributed by atoms with Gasteiger partial charge in [-0.3, -0.25) is 9.59 Å². The number of benzene rings is 1. The molecular weight excluding hydrogens is 352 g/mol. The first-order valence-corrected chi connectivity index (χ1v) is 9.01. The quantitative estimate of drug-likeness (QED) is 0.673. The number of carbonyl (C=O) groups is 2. The number of carbonyl (C=O) groups excluding carboxylic acids is 2. The Bertz CT molecular complexity index is 985. The maximum Gasteiger partial charge on any atom is 0.287 e. The van der Waals surface area contributed by atoms with Gasteiger partial charge in [-0.05, 0) is 30.2 Å². The van der Waals surface area contributed by atoms with Gasteiger partial charge in [0.2, 0.25) is 4.80 Å². The van der Waals surface area contributed by atoms with Crippen molar-refractivity contribution in [3.05, 3.63) is 53.2 Å². The number of aryl methyl sites for hydroxylation is 1. The normalized spacial score (nSPS) is 13.2. The van der Waals surface area contributed by atoms with E-state index in [4.69, 9.17) is 4.42 Å². The summed E-state index contributed by atoms with van der Waals surface area (Å²) < 4.78 is 8.05. The fourth-order valence-electron chi connectivity index (χ4n) is 2.52. The molecule has 3 rings (SSSR count). The summed E-state index contributed by atoms with van der Waals surface area (Å²) in [5.41, 5.74) is 3.60. The van der Waals surface area contributed by atoms with Gasteiger partial charge in [-0.2, -0.15) is 0 Å². The van der Waals surface area contributed by atoms with Crippen LogP contribution in [-0.2, 0) is 11.8 Å². The first kappa shape index (κ1) is 17.9. The lowest BCUT2D eigenvalue weighted by Gasteiger charge is -2.19. The average molecular weight is 372 g/mol. The van der Waals surface area contributed by atoms with Gasteiger partial charge in [0.25, 0.3) is 11.8 Å². The SMILES string of the molecule is CC(C)C(NC(=O)c1ccco1)C(=O)N/N=c1\sc2ccccc2n1C. The number of furan rings is 1. The summed E-state index contributed by atoms with van der Waals surface area (Å²) in [4.78, 5) is 25.4. The van der Waals surface area contributed by atoms with Crippen molar-refractivity contribution in [3.8, 4) is 0 Å². The molecule has 136 valence electrons. The van der Waals surface area contributed by atoms with Crippen molar-refractivity contribution in [2.24, 2.45) is 18.1 Å². The molecule has 7 nitrogen and oxygen atoms in total. The number of aromatic nitrogens is 1. The topological polar surface area (TPSA) is 88.6 Å². The monoisotopic (exact) mass is 372 g/mol. The molecule has 0 bridgehead atoms. The number of para-hydroxylation sites is 1. The van der Waals surface area contributed by atoms with Crippen LogP contribution in [-0.4, -0.2) is 22.4 Å². The maximum atomic E-state index is 12.5. The molecule has 26 heavy (non-hydrogen) atoms. The molecule has 8 heteroatoms. The Morgan fingerprint density at radius 3 is 2.62 bits per heavy atom. The molecular formula is C18H20N4O3S. The number of hydrogen-bond acceptors (Lipinski definition) is 5. The molecule has 0 fully saturated rings. The molecule has 2 heterocycles. The summed E-state index contributed by atoms with van der Waals surface area (Å²) in [6, 6.07) is 10.4. The summed E-state index contributed by atoms with van der Waals surface area (Å²) in [5.74, 6) is -0.759. The van der Waals surface area contributed by atoms with Gasteiger partial charge < -0.3 is 14.3 Å². The summed E-state index contributed by atoms with van der Waals surface area (Å²) in [5, 5.41) is 6.91. The zero-order valence-corrected chi connectivity index (χ0v) is 15.5. The molecule has 0 aliphatic heterocycles. The van der Waals surface area contributed by atoms with Crippen LogP contribution in [0.15, 0.2) is 52.2 Å². The standard InChI is InChI=1S/C18H20N4O3S/c1-11(2)15(19-16(23)13-8-6-10-25-13)17(24)20-21-18-22(3)12-7-4-5-9-14(12)26-18/h4-11,15H,1-3H3,(H,19,23)(H,20,24)/b21-18-. The van der Waals surface area contributed by atoms with Gasteiger partial charge >= 0.3 is 0 Å². The first-order chi connectivity index (χ1) is 12.5. The van der Waals surface area contributed by atoms with Gasteiger partial charge in [-0.25, -0.2) is 5.43 Å². The molecule has 0 spiro atoms. The van der Waals surface area contributed by atoms with E-state index in [9.17, 15) is 9.59 Å². The van der Waals surface area contributed by atoms with Crippen LogP contribution in [0, 0.1) is 5.92 Å². The Kier molecular flexibility index (Phi) is 5.22. The third-order valence-electron chi connectivity index (χ3n) is 3.96. The number of fused-ring (bicyclic) bond motifs is 1. The van der Waals surface area contributed by atoms with Crippen molar-refractivity contribution in [3.63, 3.8) is 0 Å². The van der Waals surface area contributed by atoms with Crippen LogP contribution in [0.4, 0.5) is 0 Å². The summed E-state index contributed by atoms with van der Waals surface area (Å²) in [7, 11) is 1.89. The largest absolute Gasteiger partial charge is 0.459 e. The van der Waals surface area contributed by atoms with Crippen molar-refractivity contribution in [2.45, 2.75) is 19.9 Å². The number of amides is 2. The van der Waals surface area contributed by atoms with Crippen molar-refractivity contribution in [1.82, 2.24) is 15.3 Å². The van der Waals surface area contributed by atoms with Crippen molar-refractivity contribution in [1.29, 1.82) is 0 Å². The molecule has 1 unspecified atom stereocenters. The highest BCUT2D eigenvalue weighted by atomic mass is 32.1. The third-order valence-corrected chi connectivity index (χ3v) is 5.07. The molecule has 0 radical (unpaired) electrons. The van der Waals surface area contributed by atoms with E-state index in [1.165, 1.54) is 17.6 Å². The summed E-state index contributed by atoms with van der Waals surface area (Å²) >= 11 is 1.48. The Balaban J connectivity index is 1.77. The predicted molar refractivity (Wildman–Crippen MR) is 99.3 cm³/mol. The van der Waals surface area contributed by atoms with Gasteiger partial charge in [0.05, 0.1) is 16.5 Å². The molecule has 1 aromatic carbocycles. The second-order valence-electron chi connectivity index (χ2n) is 6.17. The Labute approximate surface area is 154 Å². The number of rotatable bonds is 5. The van der Waals surface area contributed by atoms with Crippen LogP contribution in [0.1, 0.15) is 24.4 Å². The molecule has 2 amide bonds. The molecule has 0 saturated heterocycles. The molecule has 1 atom stereocenters. The van der Waals surface area contributed by atoms with Crippen LogP contribution < -0.4 is 15.5 Å². The van der Waals surface area contributed by atoms with E-state index in [1.54, 1.807) is 12.1 Å². The Morgan fingerprint density at radius 2 is 1.96 bits per heavy atom. The highest BCUT2D eigenvalue weighted by Gasteiger charge is 2.25. The molecule has 2 aromatic heterocycles. The lowest BCUT2D eigenvalue weighted by atomic mass is 10.0. The highest BCUT2D eigenvalue weighted by molar-refractivity contribution is 7.16. The number of nitrogens with one attached hydrogen (secondary N) is 2. The van der Waals surface area contributed by atoms with Crippen LogP contribution in [0.5, 0.6) is 0 Å². The smallest absolute Gasteiger partial charge is 0.287 e. The molecule has 0 aliphatic carbocycles. The van der Waals surface area contributed by atoms with Crippen LogP contribution >= 0.6 is 11.3 Å². The van der Waals surface area contributed by atoms with Gasteiger partial charge in [-0.15, -0.1) is 5.10 Å². The van der Waals surface area contributed by atoms with Gasteiger partial charge in [-0.1, -0.05) is 37.3 Å². The minimum Gasteiger partial charge on any atom is -0.459 e. The van der Waals surface area contributed by atoms with Crippen LogP contribution in [0.2, 0.25) is 0 Å². The molecule has 2 N–H and O–H groups in total. The zero-order valence-electron chi connectivity index (χ0n) is 14.7. The van der Waals surface area contributed by atoms with Gasteiger partial charge in [0, 0.05) is 7.05 Å². The fourth-order valence-corrected chi connectivity index (χ4v) is 3.50. The molecule has 0 aliphatic rings. The Hall–Kier alpha value is -2.87. The third kappa shape index (κ3) is 3.70. The first-order valence-electron chi connectivity index (χ1n) is 8.20. The second-order valence-corrected chi connectivity index (χ2v) is 7.18. The highest BCUT2D eigenvalue weighted by Crippen LogP contribution is 2.15. The lowest BCUT2D eigenvalue weighted by molar-refractivity contribution is -0.124. The summed E-state index contributed by atoms with van der Waals surface area (Å²) in [6.45, 7) is 3.71. The number of hydrogen-bond donors (Lipinski definition) is 2. The lowest BCUT2D eigenvalue weighted by Crippen LogP contribution is -2.48. The van der Waals surface area contributed by atoms with E-state index < -0.39 is 11.9 Å². The zero-order chi connectivity index (χ0) is 18.7. The fraction of sp³-hybridized carbons (Fsp3) is 0.278. The number of nitrogens with zero attached hydrogens (tertiary/aromatic N) is 2. The van der Waals surface area contributed by atoms with Gasteiger partial charge in [0.1, 0.15) is 6.04 Å². The van der Waals surface area contributed by atoms with E-state index in [1.807, 2.05) is 49.7 Å². The van der Waals surface area contributed by atoms with Crippen molar-refractivity contribution < 1.29 is 14.0 Å². The minimum absolute atomic E-state index is 0.111. The Morgan fingerprint density at radius 1 is 1.19 bits per heavy atom. The molecule has 3 aromatic rings. The van der Waals surface area contributed by atoms with Crippen molar-refractivity contribution in [2.75, 3.05) is 0 Å². The second kappa shape index (κ2) is 7.57. The minimum atomic E-state index is -0.726. The van der Waals surface area contributed by atoms with Gasteiger partial charge in [0.15, 0.2) is 5.76 Å². The van der Waals surface area contributed by atoms with E-state index >= 15 is 0 Å². The van der Waals surface area contributed by atoms with E-state index in [-0.39, 0.29) is 17.6 Å². The van der Waals surface area contributed by atoms with Crippen molar-refractivity contribution >= 4 is 33.4 Å².